The molecular weight excluding hydrogens is 348 g/mol. The number of hydrazone groups is 1. The molecule has 1 heterocycles. The van der Waals surface area contributed by atoms with E-state index in [0.717, 1.165) is 18.8 Å². The molecule has 1 fully saturated rings. The molecule has 140 valence electrons. The number of ether oxygens (including phenoxy) is 1. The van der Waals surface area contributed by atoms with Crippen LogP contribution in [0.25, 0.3) is 0 Å². The molecular formula is C19H20N4O4. The molecule has 1 aliphatic heterocycles. The molecule has 0 aromatic heterocycles. The van der Waals surface area contributed by atoms with E-state index in [-0.39, 0.29) is 5.91 Å². The van der Waals surface area contributed by atoms with Crippen molar-refractivity contribution in [2.45, 2.75) is 0 Å². The van der Waals surface area contributed by atoms with Crippen LogP contribution >= 0.6 is 0 Å². The highest BCUT2D eigenvalue weighted by molar-refractivity contribution is 5.96. The molecule has 8 nitrogen and oxygen atoms in total. The normalized spacial score (nSPS) is 14.2. The largest absolute Gasteiger partial charge is 0.378 e. The lowest BCUT2D eigenvalue weighted by atomic mass is 10.1. The second kappa shape index (κ2) is 8.93. The van der Waals surface area contributed by atoms with Crippen LogP contribution in [0, 0.1) is 0 Å². The van der Waals surface area contributed by atoms with Gasteiger partial charge in [0.2, 0.25) is 0 Å². The molecule has 1 aliphatic rings. The van der Waals surface area contributed by atoms with Crippen molar-refractivity contribution in [3.8, 4) is 0 Å². The van der Waals surface area contributed by atoms with Crippen LogP contribution < -0.4 is 15.8 Å². The number of carbonyl (C=O) groups is 2. The van der Waals surface area contributed by atoms with Gasteiger partial charge >= 0.3 is 0 Å². The smallest absolute Gasteiger partial charge is 0.274 e. The Morgan fingerprint density at radius 3 is 2.19 bits per heavy atom. The minimum atomic E-state index is -0.590. The fourth-order valence-electron chi connectivity index (χ4n) is 2.66. The van der Waals surface area contributed by atoms with Gasteiger partial charge in [-0.3, -0.25) is 14.8 Å². The number of anilines is 1. The van der Waals surface area contributed by atoms with E-state index >= 15 is 0 Å². The van der Waals surface area contributed by atoms with Crippen molar-refractivity contribution < 1.29 is 19.5 Å². The van der Waals surface area contributed by atoms with Crippen LogP contribution in [0.1, 0.15) is 26.3 Å². The van der Waals surface area contributed by atoms with Crippen LogP contribution in [0.5, 0.6) is 0 Å². The van der Waals surface area contributed by atoms with Crippen molar-refractivity contribution in [3.63, 3.8) is 0 Å². The highest BCUT2D eigenvalue weighted by Gasteiger charge is 2.12. The zero-order chi connectivity index (χ0) is 19.1. The van der Waals surface area contributed by atoms with Gasteiger partial charge in [-0.25, -0.2) is 10.9 Å². The number of hydrogen-bond donors (Lipinski definition) is 3. The third-order valence-corrected chi connectivity index (χ3v) is 4.16. The van der Waals surface area contributed by atoms with Gasteiger partial charge in [0.1, 0.15) is 0 Å². The van der Waals surface area contributed by atoms with Crippen molar-refractivity contribution in [3.05, 3.63) is 65.2 Å². The summed E-state index contributed by atoms with van der Waals surface area (Å²) in [4.78, 5) is 25.6. The maximum Gasteiger partial charge on any atom is 0.274 e. The number of nitrogens with one attached hydrogen (secondary N) is 2. The lowest BCUT2D eigenvalue weighted by Gasteiger charge is -2.28. The summed E-state index contributed by atoms with van der Waals surface area (Å²) >= 11 is 0. The highest BCUT2D eigenvalue weighted by Crippen LogP contribution is 2.16. The summed E-state index contributed by atoms with van der Waals surface area (Å²) in [5.74, 6) is -0.900. The van der Waals surface area contributed by atoms with E-state index in [0.29, 0.717) is 29.9 Å². The average molecular weight is 368 g/mol. The Labute approximate surface area is 156 Å². The lowest BCUT2D eigenvalue weighted by Crippen LogP contribution is -2.36. The van der Waals surface area contributed by atoms with Crippen molar-refractivity contribution >= 4 is 23.7 Å². The highest BCUT2D eigenvalue weighted by atomic mass is 16.5. The third kappa shape index (κ3) is 4.90. The van der Waals surface area contributed by atoms with Gasteiger partial charge in [-0.15, -0.1) is 0 Å². The SMILES string of the molecule is O=C(NO)c1ccc(C=NNC(=O)c2ccc(N3CCOCC3)cc2)cc1. The Bertz CT molecular complexity index is 813. The summed E-state index contributed by atoms with van der Waals surface area (Å²) in [6.45, 7) is 3.11. The van der Waals surface area contributed by atoms with Crippen LogP contribution in [0.15, 0.2) is 53.6 Å². The Hall–Kier alpha value is -3.23. The fourth-order valence-corrected chi connectivity index (χ4v) is 2.66. The second-order valence-electron chi connectivity index (χ2n) is 5.91. The Morgan fingerprint density at radius 2 is 1.56 bits per heavy atom. The molecule has 0 spiro atoms. The number of benzene rings is 2. The number of carbonyl (C=O) groups excluding carboxylic acids is 2. The number of nitrogens with zero attached hydrogens (tertiary/aromatic N) is 2. The summed E-state index contributed by atoms with van der Waals surface area (Å²) in [6, 6.07) is 13.7. The van der Waals surface area contributed by atoms with Gasteiger partial charge in [0.05, 0.1) is 19.4 Å². The lowest BCUT2D eigenvalue weighted by molar-refractivity contribution is 0.0706. The van der Waals surface area contributed by atoms with E-state index in [1.807, 2.05) is 12.1 Å². The summed E-state index contributed by atoms with van der Waals surface area (Å²) < 4.78 is 5.34. The fraction of sp³-hybridized carbons (Fsp3) is 0.211. The van der Waals surface area contributed by atoms with Gasteiger partial charge < -0.3 is 9.64 Å². The molecule has 2 aromatic carbocycles. The summed E-state index contributed by atoms with van der Waals surface area (Å²) in [6.07, 6.45) is 1.47. The Morgan fingerprint density at radius 1 is 0.963 bits per heavy atom. The number of morpholine rings is 1. The zero-order valence-electron chi connectivity index (χ0n) is 14.6. The minimum absolute atomic E-state index is 0.309. The van der Waals surface area contributed by atoms with E-state index in [9.17, 15) is 9.59 Å². The molecule has 3 N–H and O–H groups in total. The van der Waals surface area contributed by atoms with Crippen LogP contribution in [-0.2, 0) is 4.74 Å². The van der Waals surface area contributed by atoms with E-state index < -0.39 is 5.91 Å². The number of rotatable bonds is 5. The van der Waals surface area contributed by atoms with E-state index in [1.165, 1.54) is 6.21 Å². The molecule has 1 saturated heterocycles. The predicted octanol–water partition coefficient (Wildman–Crippen LogP) is 1.41. The first-order valence-corrected chi connectivity index (χ1v) is 8.48. The molecule has 0 saturated carbocycles. The monoisotopic (exact) mass is 368 g/mol. The molecule has 0 unspecified atom stereocenters. The maximum atomic E-state index is 12.2. The molecule has 0 bridgehead atoms. The van der Waals surface area contributed by atoms with Gasteiger partial charge in [-0.2, -0.15) is 5.10 Å². The van der Waals surface area contributed by atoms with Gasteiger partial charge in [-0.1, -0.05) is 12.1 Å². The van der Waals surface area contributed by atoms with E-state index in [2.05, 4.69) is 15.4 Å². The topological polar surface area (TPSA) is 103 Å². The van der Waals surface area contributed by atoms with Crippen molar-refractivity contribution in [2.24, 2.45) is 5.10 Å². The number of hydroxylamine groups is 1. The Balaban J connectivity index is 1.55. The van der Waals surface area contributed by atoms with Crippen molar-refractivity contribution in [2.75, 3.05) is 31.2 Å². The number of amides is 2. The first-order chi connectivity index (χ1) is 13.2. The van der Waals surface area contributed by atoms with Gasteiger partial charge in [-0.05, 0) is 42.0 Å². The van der Waals surface area contributed by atoms with Crippen LogP contribution in [0.3, 0.4) is 0 Å². The molecule has 0 atom stereocenters. The maximum absolute atomic E-state index is 12.2. The molecule has 0 radical (unpaired) electrons. The predicted molar refractivity (Wildman–Crippen MR) is 100 cm³/mol. The summed E-state index contributed by atoms with van der Waals surface area (Å²) in [5.41, 5.74) is 6.63. The third-order valence-electron chi connectivity index (χ3n) is 4.16. The number of hydrogen-bond acceptors (Lipinski definition) is 6. The van der Waals surface area contributed by atoms with Crippen molar-refractivity contribution in [1.29, 1.82) is 0 Å². The molecule has 3 rings (SSSR count). The standard InChI is InChI=1S/C19H20N4O4/c24-18(15-5-7-17(8-6-15)23-9-11-27-12-10-23)21-20-13-14-1-3-16(4-2-14)19(25)22-26/h1-8,13,26H,9-12H2,(H,21,24)(H,22,25). The molecule has 2 amide bonds. The summed E-state index contributed by atoms with van der Waals surface area (Å²) in [7, 11) is 0. The zero-order valence-corrected chi connectivity index (χ0v) is 14.6. The van der Waals surface area contributed by atoms with Crippen molar-refractivity contribution in [1.82, 2.24) is 10.9 Å². The van der Waals surface area contributed by atoms with Crippen LogP contribution in [0.4, 0.5) is 5.69 Å². The molecule has 27 heavy (non-hydrogen) atoms. The molecule has 8 heteroatoms. The van der Waals surface area contributed by atoms with Gasteiger partial charge in [0, 0.05) is 29.9 Å². The first-order valence-electron chi connectivity index (χ1n) is 8.48. The van der Waals surface area contributed by atoms with E-state index in [1.54, 1.807) is 41.9 Å². The van der Waals surface area contributed by atoms with E-state index in [4.69, 9.17) is 9.94 Å². The summed E-state index contributed by atoms with van der Waals surface area (Å²) in [5, 5.41) is 12.5. The van der Waals surface area contributed by atoms with Gasteiger partial charge in [0.15, 0.2) is 0 Å². The Kier molecular flexibility index (Phi) is 6.14. The quantitative estimate of drug-likeness (QED) is 0.421. The second-order valence-corrected chi connectivity index (χ2v) is 5.91. The molecule has 0 aliphatic carbocycles. The first kappa shape index (κ1) is 18.6. The minimum Gasteiger partial charge on any atom is -0.378 e. The van der Waals surface area contributed by atoms with Gasteiger partial charge in [0.25, 0.3) is 11.8 Å². The van der Waals surface area contributed by atoms with Crippen LogP contribution in [-0.4, -0.2) is 49.5 Å². The average Bonchev–Trinajstić information content (AvgIpc) is 2.74. The molecule has 2 aromatic rings. The van der Waals surface area contributed by atoms with Crippen LogP contribution in [0.2, 0.25) is 0 Å².